The number of benzene rings is 9. The van der Waals surface area contributed by atoms with E-state index >= 15 is 0 Å². The summed E-state index contributed by atoms with van der Waals surface area (Å²) < 4.78 is 13.4. The Balaban J connectivity index is 1.19. The van der Waals surface area contributed by atoms with E-state index in [4.69, 9.17) is 8.83 Å². The Morgan fingerprint density at radius 2 is 0.800 bits per heavy atom. The van der Waals surface area contributed by atoms with E-state index in [-0.39, 0.29) is 0 Å². The van der Waals surface area contributed by atoms with Crippen molar-refractivity contribution in [2.75, 3.05) is 0 Å². The van der Waals surface area contributed by atoms with Gasteiger partial charge in [-0.1, -0.05) is 152 Å². The molecule has 9 aromatic carbocycles. The standard InChI is InChI=1S/C48H28O2/c1-2-13-30(14-3-1)43-34-16-6-8-18-36(34)44(37-19-9-7-17-35(37)43)31-22-24-32(25-23-31)45-47-38-20-10-11-21-40(38)49-42(47)28-39-46-33-15-5-4-12-29(33)26-27-41(46)50-48(39)45/h1-28H. The fraction of sp³-hybridized carbons (Fsp3) is 0. The molecule has 0 radical (unpaired) electrons. The Labute approximate surface area is 287 Å². The molecular formula is C48H28O2. The molecule has 50 heavy (non-hydrogen) atoms. The first-order valence-electron chi connectivity index (χ1n) is 17.1. The van der Waals surface area contributed by atoms with Crippen LogP contribution >= 0.6 is 0 Å². The summed E-state index contributed by atoms with van der Waals surface area (Å²) in [4.78, 5) is 0. The molecule has 0 atom stereocenters. The van der Waals surface area contributed by atoms with Crippen molar-refractivity contribution in [3.05, 3.63) is 170 Å². The number of hydrogen-bond acceptors (Lipinski definition) is 2. The Kier molecular flexibility index (Phi) is 5.70. The van der Waals surface area contributed by atoms with Crippen molar-refractivity contribution in [3.63, 3.8) is 0 Å². The fourth-order valence-corrected chi connectivity index (χ4v) is 8.32. The molecule has 232 valence electrons. The SMILES string of the molecule is c1ccc(-c2c3ccccc3c(-c3ccc(-c4c5oc6ccc7ccccc7c6c5cc5oc6ccccc6c45)cc3)c3ccccc23)cc1. The van der Waals surface area contributed by atoms with Gasteiger partial charge in [-0.3, -0.25) is 0 Å². The van der Waals surface area contributed by atoms with E-state index in [9.17, 15) is 0 Å². The Morgan fingerprint density at radius 3 is 1.46 bits per heavy atom. The summed E-state index contributed by atoms with van der Waals surface area (Å²) in [5, 5.41) is 11.7. The summed E-state index contributed by atoms with van der Waals surface area (Å²) in [5.74, 6) is 0. The van der Waals surface area contributed by atoms with Gasteiger partial charge in [-0.25, -0.2) is 0 Å². The summed E-state index contributed by atoms with van der Waals surface area (Å²) in [7, 11) is 0. The van der Waals surface area contributed by atoms with Crippen LogP contribution in [0.25, 0.3) is 110 Å². The first-order valence-corrected chi connectivity index (χ1v) is 17.1. The zero-order valence-electron chi connectivity index (χ0n) is 27.0. The van der Waals surface area contributed by atoms with Gasteiger partial charge < -0.3 is 8.83 Å². The van der Waals surface area contributed by atoms with Crippen molar-refractivity contribution < 1.29 is 8.83 Å². The second-order valence-electron chi connectivity index (χ2n) is 13.1. The van der Waals surface area contributed by atoms with Crippen molar-refractivity contribution in [1.29, 1.82) is 0 Å². The monoisotopic (exact) mass is 636 g/mol. The molecule has 0 N–H and O–H groups in total. The third kappa shape index (κ3) is 3.85. The molecule has 0 bridgehead atoms. The zero-order chi connectivity index (χ0) is 32.8. The van der Waals surface area contributed by atoms with Crippen molar-refractivity contribution in [2.45, 2.75) is 0 Å². The van der Waals surface area contributed by atoms with Crippen molar-refractivity contribution in [2.24, 2.45) is 0 Å². The summed E-state index contributed by atoms with van der Waals surface area (Å²) in [6, 6.07) is 60.7. The zero-order valence-corrected chi connectivity index (χ0v) is 27.0. The molecular weight excluding hydrogens is 609 g/mol. The van der Waals surface area contributed by atoms with Gasteiger partial charge in [-0.15, -0.1) is 0 Å². The molecule has 11 aromatic rings. The minimum atomic E-state index is 0.863. The minimum absolute atomic E-state index is 0.863. The smallest absolute Gasteiger partial charge is 0.144 e. The highest BCUT2D eigenvalue weighted by Gasteiger charge is 2.23. The van der Waals surface area contributed by atoms with Crippen LogP contribution in [0.1, 0.15) is 0 Å². The molecule has 0 unspecified atom stereocenters. The lowest BCUT2D eigenvalue weighted by atomic mass is 9.85. The molecule has 0 spiro atoms. The first-order chi connectivity index (χ1) is 24.8. The van der Waals surface area contributed by atoms with Crippen LogP contribution in [-0.2, 0) is 0 Å². The van der Waals surface area contributed by atoms with E-state index in [2.05, 4.69) is 158 Å². The second kappa shape index (κ2) is 10.4. The number of para-hydroxylation sites is 1. The lowest BCUT2D eigenvalue weighted by Crippen LogP contribution is -1.91. The van der Waals surface area contributed by atoms with Gasteiger partial charge in [0.25, 0.3) is 0 Å². The topological polar surface area (TPSA) is 26.3 Å². The molecule has 0 fully saturated rings. The molecule has 2 nitrogen and oxygen atoms in total. The van der Waals surface area contributed by atoms with Crippen LogP contribution in [0.3, 0.4) is 0 Å². The summed E-state index contributed by atoms with van der Waals surface area (Å²) >= 11 is 0. The highest BCUT2D eigenvalue weighted by Crippen LogP contribution is 2.48. The average Bonchev–Trinajstić information content (AvgIpc) is 3.75. The quantitative estimate of drug-likeness (QED) is 0.180. The molecule has 11 rings (SSSR count). The van der Waals surface area contributed by atoms with Crippen LogP contribution in [0.15, 0.2) is 179 Å². The Hall–Kier alpha value is -6.64. The largest absolute Gasteiger partial charge is 0.456 e. The van der Waals surface area contributed by atoms with Crippen LogP contribution in [0.2, 0.25) is 0 Å². The van der Waals surface area contributed by atoms with Gasteiger partial charge in [0.2, 0.25) is 0 Å². The molecule has 0 aliphatic rings. The maximum atomic E-state index is 6.82. The molecule has 2 heterocycles. The summed E-state index contributed by atoms with van der Waals surface area (Å²) in [6.45, 7) is 0. The third-order valence-corrected chi connectivity index (χ3v) is 10.4. The van der Waals surface area contributed by atoms with Gasteiger partial charge in [0.1, 0.15) is 22.3 Å². The minimum Gasteiger partial charge on any atom is -0.456 e. The molecule has 0 saturated carbocycles. The van der Waals surface area contributed by atoms with Crippen molar-refractivity contribution in [1.82, 2.24) is 0 Å². The second-order valence-corrected chi connectivity index (χ2v) is 13.1. The van der Waals surface area contributed by atoms with Crippen molar-refractivity contribution in [3.8, 4) is 33.4 Å². The first kappa shape index (κ1) is 27.3. The highest BCUT2D eigenvalue weighted by molar-refractivity contribution is 6.27. The molecule has 0 amide bonds. The maximum absolute atomic E-state index is 6.82. The van der Waals surface area contributed by atoms with E-state index in [0.717, 1.165) is 55.0 Å². The molecule has 2 heteroatoms. The van der Waals surface area contributed by atoms with Gasteiger partial charge in [-0.2, -0.15) is 0 Å². The fourth-order valence-electron chi connectivity index (χ4n) is 8.32. The van der Waals surface area contributed by atoms with Gasteiger partial charge >= 0.3 is 0 Å². The predicted octanol–water partition coefficient (Wildman–Crippen LogP) is 13.9. The highest BCUT2D eigenvalue weighted by atomic mass is 16.3. The average molecular weight is 637 g/mol. The Morgan fingerprint density at radius 1 is 0.280 bits per heavy atom. The third-order valence-electron chi connectivity index (χ3n) is 10.4. The molecule has 2 aromatic heterocycles. The lowest BCUT2D eigenvalue weighted by molar-refractivity contribution is 0.665. The van der Waals surface area contributed by atoms with Gasteiger partial charge in [0.05, 0.1) is 0 Å². The van der Waals surface area contributed by atoms with Gasteiger partial charge in [0, 0.05) is 27.1 Å². The molecule has 0 aliphatic heterocycles. The summed E-state index contributed by atoms with van der Waals surface area (Å²) in [6.07, 6.45) is 0. The number of furan rings is 2. The number of rotatable bonds is 3. The van der Waals surface area contributed by atoms with Crippen LogP contribution in [0, 0.1) is 0 Å². The number of fused-ring (bicyclic) bond motifs is 10. The van der Waals surface area contributed by atoms with E-state index in [1.54, 1.807) is 0 Å². The maximum Gasteiger partial charge on any atom is 0.144 e. The van der Waals surface area contributed by atoms with E-state index in [0.29, 0.717) is 0 Å². The van der Waals surface area contributed by atoms with Crippen LogP contribution in [0.4, 0.5) is 0 Å². The van der Waals surface area contributed by atoms with Crippen LogP contribution in [-0.4, -0.2) is 0 Å². The Bertz CT molecular complexity index is 3070. The van der Waals surface area contributed by atoms with E-state index in [1.165, 1.54) is 54.6 Å². The molecule has 0 saturated heterocycles. The van der Waals surface area contributed by atoms with Gasteiger partial charge in [0.15, 0.2) is 0 Å². The van der Waals surface area contributed by atoms with Crippen LogP contribution < -0.4 is 0 Å². The normalized spacial score (nSPS) is 12.0. The van der Waals surface area contributed by atoms with Crippen molar-refractivity contribution >= 4 is 76.2 Å². The summed E-state index contributed by atoms with van der Waals surface area (Å²) in [5.41, 5.74) is 10.6. The lowest BCUT2D eigenvalue weighted by Gasteiger charge is -2.18. The van der Waals surface area contributed by atoms with Crippen LogP contribution in [0.5, 0.6) is 0 Å². The van der Waals surface area contributed by atoms with E-state index < -0.39 is 0 Å². The van der Waals surface area contributed by atoms with E-state index in [1.807, 2.05) is 12.1 Å². The van der Waals surface area contributed by atoms with Gasteiger partial charge in [-0.05, 0) is 78.3 Å². The molecule has 0 aliphatic carbocycles. The predicted molar refractivity (Wildman–Crippen MR) is 210 cm³/mol. The number of hydrogen-bond donors (Lipinski definition) is 0.